The molecule has 4 nitrogen and oxygen atoms in total. The SMILES string of the molecule is C=Cc1nc(CCOc2ccccc2)no1. The van der Waals surface area contributed by atoms with E-state index >= 15 is 0 Å². The molecular formula is C12H12N2O2. The van der Waals surface area contributed by atoms with E-state index in [0.29, 0.717) is 24.7 Å². The van der Waals surface area contributed by atoms with Crippen LogP contribution in [0.25, 0.3) is 6.08 Å². The second-order valence-corrected chi connectivity index (χ2v) is 3.16. The minimum atomic E-state index is 0.440. The number of benzene rings is 1. The molecule has 0 aliphatic rings. The quantitative estimate of drug-likeness (QED) is 0.769. The Bertz CT molecular complexity index is 451. The third kappa shape index (κ3) is 2.70. The molecule has 4 heteroatoms. The topological polar surface area (TPSA) is 48.2 Å². The summed E-state index contributed by atoms with van der Waals surface area (Å²) in [5.74, 6) is 1.91. The highest BCUT2D eigenvalue weighted by atomic mass is 16.5. The molecule has 2 aromatic rings. The molecule has 0 atom stereocenters. The van der Waals surface area contributed by atoms with Gasteiger partial charge in [0.25, 0.3) is 0 Å². The first-order valence-electron chi connectivity index (χ1n) is 5.01. The molecule has 0 bridgehead atoms. The van der Waals surface area contributed by atoms with Crippen molar-refractivity contribution in [3.05, 3.63) is 48.6 Å². The molecule has 0 radical (unpaired) electrons. The first kappa shape index (κ1) is 10.4. The Labute approximate surface area is 93.6 Å². The highest BCUT2D eigenvalue weighted by Gasteiger charge is 2.02. The van der Waals surface area contributed by atoms with E-state index in [9.17, 15) is 0 Å². The summed E-state index contributed by atoms with van der Waals surface area (Å²) in [7, 11) is 0. The van der Waals surface area contributed by atoms with Crippen LogP contribution in [0.1, 0.15) is 11.7 Å². The first-order valence-corrected chi connectivity index (χ1v) is 5.01. The second-order valence-electron chi connectivity index (χ2n) is 3.16. The molecule has 1 aromatic heterocycles. The molecule has 0 fully saturated rings. The maximum absolute atomic E-state index is 5.51. The van der Waals surface area contributed by atoms with Crippen LogP contribution in [0.2, 0.25) is 0 Å². The largest absolute Gasteiger partial charge is 0.493 e. The summed E-state index contributed by atoms with van der Waals surface area (Å²) in [5.41, 5.74) is 0. The van der Waals surface area contributed by atoms with E-state index in [0.717, 1.165) is 5.75 Å². The molecule has 0 aliphatic heterocycles. The third-order valence-electron chi connectivity index (χ3n) is 2.00. The van der Waals surface area contributed by atoms with Gasteiger partial charge in [0.15, 0.2) is 5.82 Å². The fourth-order valence-electron chi connectivity index (χ4n) is 1.23. The summed E-state index contributed by atoms with van der Waals surface area (Å²) in [6.45, 7) is 4.07. The van der Waals surface area contributed by atoms with Crippen molar-refractivity contribution in [1.82, 2.24) is 10.1 Å². The maximum Gasteiger partial charge on any atom is 0.250 e. The van der Waals surface area contributed by atoms with Gasteiger partial charge in [-0.25, -0.2) is 0 Å². The van der Waals surface area contributed by atoms with E-state index in [-0.39, 0.29) is 0 Å². The lowest BCUT2D eigenvalue weighted by Gasteiger charge is -2.02. The van der Waals surface area contributed by atoms with Gasteiger partial charge in [0, 0.05) is 6.42 Å². The summed E-state index contributed by atoms with van der Waals surface area (Å²) in [6.07, 6.45) is 2.14. The van der Waals surface area contributed by atoms with Crippen molar-refractivity contribution in [3.63, 3.8) is 0 Å². The lowest BCUT2D eigenvalue weighted by atomic mass is 10.3. The second kappa shape index (κ2) is 5.11. The number of aromatic nitrogens is 2. The summed E-state index contributed by atoms with van der Waals surface area (Å²) in [6, 6.07) is 9.62. The van der Waals surface area contributed by atoms with E-state index in [1.807, 2.05) is 30.3 Å². The Hall–Kier alpha value is -2.10. The molecule has 0 spiro atoms. The molecule has 2 rings (SSSR count). The van der Waals surface area contributed by atoms with Crippen LogP contribution in [0.4, 0.5) is 0 Å². The summed E-state index contributed by atoms with van der Waals surface area (Å²) in [4.78, 5) is 4.08. The van der Waals surface area contributed by atoms with Gasteiger partial charge in [-0.05, 0) is 18.2 Å². The molecule has 1 aromatic carbocycles. The van der Waals surface area contributed by atoms with Gasteiger partial charge < -0.3 is 9.26 Å². The lowest BCUT2D eigenvalue weighted by molar-refractivity contribution is 0.314. The predicted octanol–water partition coefficient (Wildman–Crippen LogP) is 2.33. The molecule has 0 N–H and O–H groups in total. The minimum absolute atomic E-state index is 0.440. The van der Waals surface area contributed by atoms with Crippen molar-refractivity contribution in [2.75, 3.05) is 6.61 Å². The van der Waals surface area contributed by atoms with Gasteiger partial charge in [-0.2, -0.15) is 4.98 Å². The molecule has 1 heterocycles. The summed E-state index contributed by atoms with van der Waals surface area (Å²) >= 11 is 0. The Morgan fingerprint density at radius 3 is 2.81 bits per heavy atom. The van der Waals surface area contributed by atoms with Crippen LogP contribution in [0.15, 0.2) is 41.4 Å². The zero-order valence-corrected chi connectivity index (χ0v) is 8.80. The molecular weight excluding hydrogens is 204 g/mol. The third-order valence-corrected chi connectivity index (χ3v) is 2.00. The highest BCUT2D eigenvalue weighted by Crippen LogP contribution is 2.08. The molecule has 0 unspecified atom stereocenters. The molecule has 0 amide bonds. The monoisotopic (exact) mass is 216 g/mol. The lowest BCUT2D eigenvalue weighted by Crippen LogP contribution is -2.02. The molecule has 0 saturated heterocycles. The zero-order valence-electron chi connectivity index (χ0n) is 8.80. The average Bonchev–Trinajstić information content (AvgIpc) is 2.78. The number of nitrogens with zero attached hydrogens (tertiary/aromatic N) is 2. The Morgan fingerprint density at radius 2 is 2.12 bits per heavy atom. The maximum atomic E-state index is 5.51. The standard InChI is InChI=1S/C12H12N2O2/c1-2-12-13-11(14-16-12)8-9-15-10-6-4-3-5-7-10/h2-7H,1,8-9H2. The van der Waals surface area contributed by atoms with Crippen LogP contribution < -0.4 is 4.74 Å². The molecule has 0 aliphatic carbocycles. The van der Waals surface area contributed by atoms with E-state index in [4.69, 9.17) is 9.26 Å². The number of ether oxygens (including phenoxy) is 1. The predicted molar refractivity (Wildman–Crippen MR) is 60.0 cm³/mol. The van der Waals surface area contributed by atoms with E-state index < -0.39 is 0 Å². The van der Waals surface area contributed by atoms with Gasteiger partial charge in [0.1, 0.15) is 5.75 Å². The number of rotatable bonds is 5. The van der Waals surface area contributed by atoms with Crippen LogP contribution in [-0.2, 0) is 6.42 Å². The van der Waals surface area contributed by atoms with Crippen molar-refractivity contribution < 1.29 is 9.26 Å². The van der Waals surface area contributed by atoms with Crippen molar-refractivity contribution in [2.45, 2.75) is 6.42 Å². The number of hydrogen-bond acceptors (Lipinski definition) is 4. The van der Waals surface area contributed by atoms with Crippen LogP contribution in [0.5, 0.6) is 5.75 Å². The van der Waals surface area contributed by atoms with Gasteiger partial charge in [-0.3, -0.25) is 0 Å². The fourth-order valence-corrected chi connectivity index (χ4v) is 1.23. The zero-order chi connectivity index (χ0) is 11.2. The number of para-hydroxylation sites is 1. The van der Waals surface area contributed by atoms with E-state index in [1.54, 1.807) is 0 Å². The summed E-state index contributed by atoms with van der Waals surface area (Å²) in [5, 5.41) is 3.78. The molecule has 82 valence electrons. The summed E-state index contributed by atoms with van der Waals surface area (Å²) < 4.78 is 10.4. The van der Waals surface area contributed by atoms with E-state index in [2.05, 4.69) is 16.7 Å². The van der Waals surface area contributed by atoms with Gasteiger partial charge in [-0.1, -0.05) is 29.9 Å². The normalized spacial score (nSPS) is 10.0. The van der Waals surface area contributed by atoms with Crippen LogP contribution >= 0.6 is 0 Å². The van der Waals surface area contributed by atoms with Crippen LogP contribution in [0, 0.1) is 0 Å². The van der Waals surface area contributed by atoms with Crippen LogP contribution in [-0.4, -0.2) is 16.7 Å². The average molecular weight is 216 g/mol. The number of hydrogen-bond donors (Lipinski definition) is 0. The van der Waals surface area contributed by atoms with Crippen molar-refractivity contribution >= 4 is 6.08 Å². The highest BCUT2D eigenvalue weighted by molar-refractivity contribution is 5.32. The van der Waals surface area contributed by atoms with Gasteiger partial charge in [-0.15, -0.1) is 0 Å². The van der Waals surface area contributed by atoms with Gasteiger partial charge >= 0.3 is 0 Å². The minimum Gasteiger partial charge on any atom is -0.493 e. The fraction of sp³-hybridized carbons (Fsp3) is 0.167. The van der Waals surface area contributed by atoms with E-state index in [1.165, 1.54) is 6.08 Å². The Balaban J connectivity index is 1.82. The van der Waals surface area contributed by atoms with Crippen LogP contribution in [0.3, 0.4) is 0 Å². The van der Waals surface area contributed by atoms with Gasteiger partial charge in [0.05, 0.1) is 6.61 Å². The molecule has 0 saturated carbocycles. The van der Waals surface area contributed by atoms with Crippen molar-refractivity contribution in [3.8, 4) is 5.75 Å². The Morgan fingerprint density at radius 1 is 1.31 bits per heavy atom. The Kier molecular flexibility index (Phi) is 3.33. The smallest absolute Gasteiger partial charge is 0.250 e. The van der Waals surface area contributed by atoms with Crippen molar-refractivity contribution in [2.24, 2.45) is 0 Å². The van der Waals surface area contributed by atoms with Crippen molar-refractivity contribution in [1.29, 1.82) is 0 Å². The molecule has 16 heavy (non-hydrogen) atoms. The van der Waals surface area contributed by atoms with Gasteiger partial charge in [0.2, 0.25) is 5.89 Å². The first-order chi connectivity index (χ1) is 7.88.